The van der Waals surface area contributed by atoms with Crippen LogP contribution < -0.4 is 10.2 Å². The van der Waals surface area contributed by atoms with Crippen molar-refractivity contribution in [1.82, 2.24) is 5.32 Å². The molecule has 0 aliphatic carbocycles. The van der Waals surface area contributed by atoms with Crippen molar-refractivity contribution in [1.29, 1.82) is 0 Å². The van der Waals surface area contributed by atoms with Gasteiger partial charge in [-0.2, -0.15) is 0 Å². The fourth-order valence-electron chi connectivity index (χ4n) is 2.74. The summed E-state index contributed by atoms with van der Waals surface area (Å²) in [7, 11) is 0. The molecular weight excluding hydrogens is 296 g/mol. The van der Waals surface area contributed by atoms with Crippen molar-refractivity contribution in [2.75, 3.05) is 18.0 Å². The smallest absolute Gasteiger partial charge is 0.241 e. The molecule has 1 atom stereocenters. The molecule has 3 nitrogen and oxygen atoms in total. The number of fused-ring (bicyclic) bond motifs is 1. The van der Waals surface area contributed by atoms with Crippen LogP contribution in [0.4, 0.5) is 5.69 Å². The highest BCUT2D eigenvalue weighted by Crippen LogP contribution is 2.34. The Balaban J connectivity index is 2.15. The third kappa shape index (κ3) is 2.71. The van der Waals surface area contributed by atoms with Crippen LogP contribution in [0.5, 0.6) is 0 Å². The lowest BCUT2D eigenvalue weighted by Crippen LogP contribution is -2.36. The first-order valence-corrected chi connectivity index (χ1v) is 7.40. The summed E-state index contributed by atoms with van der Waals surface area (Å²) >= 11 is 6.17. The van der Waals surface area contributed by atoms with E-state index in [0.29, 0.717) is 5.02 Å². The van der Waals surface area contributed by atoms with Gasteiger partial charge in [0.15, 0.2) is 0 Å². The number of amides is 1. The van der Waals surface area contributed by atoms with Crippen molar-refractivity contribution in [3.05, 3.63) is 64.7 Å². The number of hydrogen-bond acceptors (Lipinski definition) is 2. The average molecular weight is 311 g/mol. The molecule has 22 heavy (non-hydrogen) atoms. The fraction of sp³-hybridized carbons (Fsp3) is 0.167. The summed E-state index contributed by atoms with van der Waals surface area (Å²) in [4.78, 5) is 14.0. The Labute approximate surface area is 134 Å². The second kappa shape index (κ2) is 6.23. The topological polar surface area (TPSA) is 32.3 Å². The number of anilines is 1. The van der Waals surface area contributed by atoms with Gasteiger partial charge < -0.3 is 0 Å². The zero-order chi connectivity index (χ0) is 15.5. The number of carbonyl (C=O) groups is 1. The maximum Gasteiger partial charge on any atom is 0.241 e. The highest BCUT2D eigenvalue weighted by atomic mass is 35.5. The maximum absolute atomic E-state index is 12.4. The van der Waals surface area contributed by atoms with Gasteiger partial charge in [-0.25, -0.2) is 0 Å². The molecule has 2 aromatic rings. The first-order chi connectivity index (χ1) is 10.7. The molecule has 1 unspecified atom stereocenters. The second-order valence-electron chi connectivity index (χ2n) is 5.11. The van der Waals surface area contributed by atoms with Crippen LogP contribution in [0, 0.1) is 12.3 Å². The maximum atomic E-state index is 12.4. The van der Waals surface area contributed by atoms with Crippen molar-refractivity contribution in [2.24, 2.45) is 0 Å². The van der Waals surface area contributed by atoms with E-state index in [2.05, 4.69) is 11.2 Å². The molecule has 1 aliphatic heterocycles. The summed E-state index contributed by atoms with van der Waals surface area (Å²) < 4.78 is 0. The van der Waals surface area contributed by atoms with Gasteiger partial charge in [0.05, 0.1) is 19.1 Å². The number of nitrogens with one attached hydrogen (secondary N) is 1. The van der Waals surface area contributed by atoms with E-state index in [1.165, 1.54) is 0 Å². The van der Waals surface area contributed by atoms with E-state index in [-0.39, 0.29) is 25.0 Å². The van der Waals surface area contributed by atoms with Crippen molar-refractivity contribution in [3.8, 4) is 12.3 Å². The minimum Gasteiger partial charge on any atom is -0.299 e. The number of carbonyl (C=O) groups excluding carboxylic acids is 1. The van der Waals surface area contributed by atoms with E-state index in [1.54, 1.807) is 11.0 Å². The Bertz CT molecular complexity index is 736. The van der Waals surface area contributed by atoms with Crippen molar-refractivity contribution in [2.45, 2.75) is 6.04 Å². The Hall–Kier alpha value is -2.28. The van der Waals surface area contributed by atoms with Crippen LogP contribution in [0.2, 0.25) is 5.02 Å². The number of terminal acetylenes is 1. The number of nitrogens with zero attached hydrogens (tertiary/aromatic N) is 1. The molecule has 110 valence electrons. The lowest BCUT2D eigenvalue weighted by Gasteiger charge is -2.22. The predicted octanol–water partition coefficient (Wildman–Crippen LogP) is 3.00. The molecule has 0 radical (unpaired) electrons. The molecule has 4 heteroatoms. The van der Waals surface area contributed by atoms with Crippen LogP contribution in [-0.4, -0.2) is 19.0 Å². The van der Waals surface area contributed by atoms with Gasteiger partial charge in [-0.05, 0) is 29.3 Å². The van der Waals surface area contributed by atoms with Crippen LogP contribution >= 0.6 is 11.6 Å². The molecule has 0 fully saturated rings. The number of rotatable bonds is 2. The molecule has 1 amide bonds. The summed E-state index contributed by atoms with van der Waals surface area (Å²) in [6, 6.07) is 15.4. The number of halogens is 1. The first kappa shape index (κ1) is 14.6. The van der Waals surface area contributed by atoms with Gasteiger partial charge in [0.25, 0.3) is 0 Å². The summed E-state index contributed by atoms with van der Waals surface area (Å²) in [5, 5.41) is 3.94. The molecule has 0 spiro atoms. The van der Waals surface area contributed by atoms with Gasteiger partial charge in [-0.15, -0.1) is 6.42 Å². The molecule has 0 saturated heterocycles. The summed E-state index contributed by atoms with van der Waals surface area (Å²) in [5.74, 6) is 2.51. The minimum absolute atomic E-state index is 0.0417. The largest absolute Gasteiger partial charge is 0.299 e. The second-order valence-corrected chi connectivity index (χ2v) is 5.55. The Morgan fingerprint density at radius 2 is 2.05 bits per heavy atom. The third-order valence-electron chi connectivity index (χ3n) is 3.73. The SMILES string of the molecule is C#CCN1C(=O)CNC(c2ccccc2)c2cc(Cl)ccc21. The van der Waals surface area contributed by atoms with Crippen molar-refractivity contribution >= 4 is 23.2 Å². The monoisotopic (exact) mass is 310 g/mol. The number of benzene rings is 2. The summed E-state index contributed by atoms with van der Waals surface area (Å²) in [6.07, 6.45) is 5.42. The van der Waals surface area contributed by atoms with Gasteiger partial charge in [0.2, 0.25) is 5.91 Å². The Morgan fingerprint density at radius 1 is 1.27 bits per heavy atom. The van der Waals surface area contributed by atoms with Crippen molar-refractivity contribution in [3.63, 3.8) is 0 Å². The highest BCUT2D eigenvalue weighted by Gasteiger charge is 2.28. The van der Waals surface area contributed by atoms with Crippen LogP contribution in [0.1, 0.15) is 17.2 Å². The third-order valence-corrected chi connectivity index (χ3v) is 3.97. The van der Waals surface area contributed by atoms with Gasteiger partial charge in [0.1, 0.15) is 0 Å². The summed E-state index contributed by atoms with van der Waals surface area (Å²) in [5.41, 5.74) is 2.85. The molecule has 0 bridgehead atoms. The molecule has 0 saturated carbocycles. The average Bonchev–Trinajstić information content (AvgIpc) is 2.66. The van der Waals surface area contributed by atoms with Gasteiger partial charge >= 0.3 is 0 Å². The first-order valence-electron chi connectivity index (χ1n) is 7.02. The van der Waals surface area contributed by atoms with Crippen LogP contribution in [0.25, 0.3) is 0 Å². The van der Waals surface area contributed by atoms with E-state index >= 15 is 0 Å². The predicted molar refractivity (Wildman–Crippen MR) is 88.9 cm³/mol. The van der Waals surface area contributed by atoms with E-state index in [4.69, 9.17) is 18.0 Å². The van der Waals surface area contributed by atoms with E-state index in [1.807, 2.05) is 42.5 Å². The highest BCUT2D eigenvalue weighted by molar-refractivity contribution is 6.30. The molecular formula is C18H15ClN2O. The zero-order valence-electron chi connectivity index (χ0n) is 11.9. The molecule has 2 aromatic carbocycles. The van der Waals surface area contributed by atoms with Crippen LogP contribution in [0.3, 0.4) is 0 Å². The Kier molecular flexibility index (Phi) is 4.15. The molecule has 1 N–H and O–H groups in total. The standard InChI is InChI=1S/C18H15ClN2O/c1-2-10-21-16-9-8-14(19)11-15(16)18(20-12-17(21)22)13-6-4-3-5-7-13/h1,3-9,11,18,20H,10,12H2. The van der Waals surface area contributed by atoms with Crippen LogP contribution in [0.15, 0.2) is 48.5 Å². The Morgan fingerprint density at radius 3 is 2.77 bits per heavy atom. The minimum atomic E-state index is -0.0957. The van der Waals surface area contributed by atoms with Gasteiger partial charge in [0, 0.05) is 10.7 Å². The lowest BCUT2D eigenvalue weighted by molar-refractivity contribution is -0.117. The van der Waals surface area contributed by atoms with Gasteiger partial charge in [-0.3, -0.25) is 15.0 Å². The normalized spacial score (nSPS) is 17.5. The summed E-state index contributed by atoms with van der Waals surface area (Å²) in [6.45, 7) is 0.476. The lowest BCUT2D eigenvalue weighted by atomic mass is 9.97. The van der Waals surface area contributed by atoms with Gasteiger partial charge in [-0.1, -0.05) is 47.9 Å². The fourth-order valence-corrected chi connectivity index (χ4v) is 2.92. The van der Waals surface area contributed by atoms with Crippen LogP contribution in [-0.2, 0) is 4.79 Å². The van der Waals surface area contributed by atoms with E-state index in [9.17, 15) is 4.79 Å². The molecule has 1 heterocycles. The molecule has 3 rings (SSSR count). The molecule has 0 aromatic heterocycles. The molecule has 1 aliphatic rings. The number of hydrogen-bond donors (Lipinski definition) is 1. The van der Waals surface area contributed by atoms with E-state index in [0.717, 1.165) is 16.8 Å². The van der Waals surface area contributed by atoms with Crippen molar-refractivity contribution < 1.29 is 4.79 Å². The van der Waals surface area contributed by atoms with E-state index < -0.39 is 0 Å². The quantitative estimate of drug-likeness (QED) is 0.865. The zero-order valence-corrected chi connectivity index (χ0v) is 12.7.